The van der Waals surface area contributed by atoms with E-state index in [2.05, 4.69) is 10.6 Å². The van der Waals surface area contributed by atoms with Gasteiger partial charge in [0.05, 0.1) is 5.02 Å². The lowest BCUT2D eigenvalue weighted by Crippen LogP contribution is -2.20. The first kappa shape index (κ1) is 22.5. The Morgan fingerprint density at radius 2 is 1.69 bits per heavy atom. The number of rotatable bonds is 7. The highest BCUT2D eigenvalue weighted by Gasteiger charge is 2.11. The Hall–Kier alpha value is -4.15. The largest absolute Gasteiger partial charge is 0.482 e. The second-order valence-corrected chi connectivity index (χ2v) is 6.93. The molecule has 0 aliphatic rings. The molecule has 0 heterocycles. The number of hydrogen-bond acceptors (Lipinski definition) is 4. The molecule has 0 atom stereocenters. The van der Waals surface area contributed by atoms with Crippen LogP contribution in [0, 0.1) is 17.1 Å². The topological polar surface area (TPSA) is 91.2 Å². The van der Waals surface area contributed by atoms with Gasteiger partial charge in [0.1, 0.15) is 23.2 Å². The van der Waals surface area contributed by atoms with E-state index in [4.69, 9.17) is 16.3 Å². The molecule has 0 spiro atoms. The molecular formula is C24H17ClFN3O3. The third-order valence-corrected chi connectivity index (χ3v) is 4.45. The summed E-state index contributed by atoms with van der Waals surface area (Å²) in [5.74, 6) is -1.15. The van der Waals surface area contributed by atoms with Gasteiger partial charge in [-0.3, -0.25) is 9.59 Å². The Morgan fingerprint density at radius 3 is 2.34 bits per heavy atom. The lowest BCUT2D eigenvalue weighted by atomic mass is 10.1. The maximum Gasteiger partial charge on any atom is 0.266 e. The molecule has 0 bridgehead atoms. The number of para-hydroxylation sites is 1. The van der Waals surface area contributed by atoms with E-state index in [1.165, 1.54) is 42.5 Å². The molecule has 3 rings (SSSR count). The van der Waals surface area contributed by atoms with E-state index in [1.54, 1.807) is 30.3 Å². The van der Waals surface area contributed by atoms with Gasteiger partial charge in [0.25, 0.3) is 11.8 Å². The molecule has 0 radical (unpaired) electrons. The summed E-state index contributed by atoms with van der Waals surface area (Å²) >= 11 is 6.22. The number of nitrogens with one attached hydrogen (secondary N) is 2. The van der Waals surface area contributed by atoms with E-state index >= 15 is 0 Å². The first-order valence-corrected chi connectivity index (χ1v) is 9.78. The molecular weight excluding hydrogens is 433 g/mol. The molecule has 32 heavy (non-hydrogen) atoms. The molecule has 0 fully saturated rings. The van der Waals surface area contributed by atoms with E-state index in [9.17, 15) is 19.2 Å². The standard InChI is InChI=1S/C24H17ClFN3O3/c25-21-13-16(12-17(14-27)24(31)29-20-9-7-18(26)8-10-20)6-11-22(21)32-15-23(30)28-19-4-2-1-3-5-19/h1-13H,15H2,(H,28,30)(H,29,31)/b17-12+. The quantitative estimate of drug-likeness (QED) is 0.390. The van der Waals surface area contributed by atoms with Gasteiger partial charge in [0.15, 0.2) is 6.61 Å². The lowest BCUT2D eigenvalue weighted by Gasteiger charge is -2.09. The van der Waals surface area contributed by atoms with Crippen LogP contribution in [0.3, 0.4) is 0 Å². The minimum absolute atomic E-state index is 0.165. The fraction of sp³-hybridized carbons (Fsp3) is 0.0417. The Labute approximate surface area is 188 Å². The Bertz CT molecular complexity index is 1190. The summed E-state index contributed by atoms with van der Waals surface area (Å²) in [4.78, 5) is 24.3. The Kier molecular flexibility index (Phi) is 7.57. The van der Waals surface area contributed by atoms with E-state index in [0.717, 1.165) is 0 Å². The summed E-state index contributed by atoms with van der Waals surface area (Å²) in [6.07, 6.45) is 1.36. The van der Waals surface area contributed by atoms with Crippen LogP contribution in [-0.2, 0) is 9.59 Å². The number of benzene rings is 3. The molecule has 3 aromatic carbocycles. The van der Waals surface area contributed by atoms with Gasteiger partial charge >= 0.3 is 0 Å². The molecule has 6 nitrogen and oxygen atoms in total. The van der Waals surface area contributed by atoms with Crippen molar-refractivity contribution >= 4 is 40.9 Å². The minimum Gasteiger partial charge on any atom is -0.482 e. The fourth-order valence-electron chi connectivity index (χ4n) is 2.63. The molecule has 0 aromatic heterocycles. The molecule has 0 unspecified atom stereocenters. The third-order valence-electron chi connectivity index (χ3n) is 4.15. The van der Waals surface area contributed by atoms with E-state index < -0.39 is 11.7 Å². The first-order chi connectivity index (χ1) is 15.4. The zero-order valence-corrected chi connectivity index (χ0v) is 17.4. The van der Waals surface area contributed by atoms with Crippen LogP contribution in [0.15, 0.2) is 78.4 Å². The van der Waals surface area contributed by atoms with E-state index in [1.807, 2.05) is 12.1 Å². The van der Waals surface area contributed by atoms with Crippen LogP contribution >= 0.6 is 11.6 Å². The molecule has 0 aliphatic heterocycles. The summed E-state index contributed by atoms with van der Waals surface area (Å²) in [6, 6.07) is 20.6. The highest BCUT2D eigenvalue weighted by Crippen LogP contribution is 2.26. The van der Waals surface area contributed by atoms with Crippen molar-refractivity contribution in [1.82, 2.24) is 0 Å². The first-order valence-electron chi connectivity index (χ1n) is 9.40. The van der Waals surface area contributed by atoms with Crippen molar-refractivity contribution in [3.63, 3.8) is 0 Å². The van der Waals surface area contributed by atoms with Gasteiger partial charge in [-0.25, -0.2) is 4.39 Å². The Morgan fingerprint density at radius 1 is 1.00 bits per heavy atom. The SMILES string of the molecule is N#C/C(=C\c1ccc(OCC(=O)Nc2ccccc2)c(Cl)c1)C(=O)Nc1ccc(F)cc1. The predicted octanol–water partition coefficient (Wildman–Crippen LogP) is 5.04. The van der Waals surface area contributed by atoms with Crippen LogP contribution in [0.1, 0.15) is 5.56 Å². The van der Waals surface area contributed by atoms with Gasteiger partial charge in [-0.1, -0.05) is 35.9 Å². The van der Waals surface area contributed by atoms with Gasteiger partial charge in [-0.15, -0.1) is 0 Å². The number of amides is 2. The van der Waals surface area contributed by atoms with Crippen molar-refractivity contribution in [2.24, 2.45) is 0 Å². The van der Waals surface area contributed by atoms with Gasteiger partial charge < -0.3 is 15.4 Å². The second-order valence-electron chi connectivity index (χ2n) is 6.52. The monoisotopic (exact) mass is 449 g/mol. The van der Waals surface area contributed by atoms with Crippen molar-refractivity contribution in [1.29, 1.82) is 5.26 Å². The lowest BCUT2D eigenvalue weighted by molar-refractivity contribution is -0.118. The average Bonchev–Trinajstić information content (AvgIpc) is 2.79. The van der Waals surface area contributed by atoms with Crippen molar-refractivity contribution in [2.75, 3.05) is 17.2 Å². The van der Waals surface area contributed by atoms with Crippen LogP contribution in [0.25, 0.3) is 6.08 Å². The maximum atomic E-state index is 13.0. The van der Waals surface area contributed by atoms with E-state index in [-0.39, 0.29) is 28.9 Å². The van der Waals surface area contributed by atoms with Crippen LogP contribution in [0.4, 0.5) is 15.8 Å². The van der Waals surface area contributed by atoms with Gasteiger partial charge in [-0.05, 0) is 60.2 Å². The number of carbonyl (C=O) groups excluding carboxylic acids is 2. The summed E-state index contributed by atoms with van der Waals surface area (Å²) in [7, 11) is 0. The molecule has 0 saturated carbocycles. The highest BCUT2D eigenvalue weighted by atomic mass is 35.5. The van der Waals surface area contributed by atoms with Crippen molar-refractivity contribution in [2.45, 2.75) is 0 Å². The number of nitrogens with zero attached hydrogens (tertiary/aromatic N) is 1. The second kappa shape index (κ2) is 10.8. The number of carbonyl (C=O) groups is 2. The normalized spacial score (nSPS) is 10.7. The summed E-state index contributed by atoms with van der Waals surface area (Å²) in [5.41, 5.74) is 1.33. The molecule has 3 aromatic rings. The minimum atomic E-state index is -0.645. The van der Waals surface area contributed by atoms with Crippen molar-refractivity contribution < 1.29 is 18.7 Å². The van der Waals surface area contributed by atoms with Gasteiger partial charge in [-0.2, -0.15) is 5.26 Å². The van der Waals surface area contributed by atoms with Crippen molar-refractivity contribution in [3.8, 4) is 11.8 Å². The average molecular weight is 450 g/mol. The van der Waals surface area contributed by atoms with Crippen LogP contribution in [0.2, 0.25) is 5.02 Å². The van der Waals surface area contributed by atoms with Crippen molar-refractivity contribution in [3.05, 3.63) is 94.8 Å². The zero-order chi connectivity index (χ0) is 22.9. The Balaban J connectivity index is 1.63. The van der Waals surface area contributed by atoms with Gasteiger partial charge in [0, 0.05) is 11.4 Å². The fourth-order valence-corrected chi connectivity index (χ4v) is 2.88. The number of ether oxygens (including phenoxy) is 1. The molecule has 2 amide bonds. The number of anilines is 2. The number of nitriles is 1. The van der Waals surface area contributed by atoms with E-state index in [0.29, 0.717) is 16.9 Å². The van der Waals surface area contributed by atoms with Gasteiger partial charge in [0.2, 0.25) is 0 Å². The summed E-state index contributed by atoms with van der Waals surface area (Å²) in [5, 5.41) is 14.8. The summed E-state index contributed by atoms with van der Waals surface area (Å²) < 4.78 is 18.4. The molecule has 0 saturated heterocycles. The summed E-state index contributed by atoms with van der Waals surface area (Å²) in [6.45, 7) is -0.243. The maximum absolute atomic E-state index is 13.0. The predicted molar refractivity (Wildman–Crippen MR) is 121 cm³/mol. The van der Waals surface area contributed by atoms with Crippen LogP contribution < -0.4 is 15.4 Å². The van der Waals surface area contributed by atoms with Crippen LogP contribution in [-0.4, -0.2) is 18.4 Å². The number of halogens is 2. The molecule has 8 heteroatoms. The molecule has 0 aliphatic carbocycles. The molecule has 160 valence electrons. The highest BCUT2D eigenvalue weighted by molar-refractivity contribution is 6.32. The zero-order valence-electron chi connectivity index (χ0n) is 16.6. The molecule has 2 N–H and O–H groups in total. The smallest absolute Gasteiger partial charge is 0.266 e. The van der Waals surface area contributed by atoms with Crippen LogP contribution in [0.5, 0.6) is 5.75 Å². The number of hydrogen-bond donors (Lipinski definition) is 2. The third kappa shape index (κ3) is 6.42.